The largest absolute Gasteiger partial charge is 0.396 e. The van der Waals surface area contributed by atoms with E-state index >= 15 is 0 Å². The number of halogens is 2. The van der Waals surface area contributed by atoms with Gasteiger partial charge in [-0.1, -0.05) is 5.16 Å². The van der Waals surface area contributed by atoms with Gasteiger partial charge in [0.15, 0.2) is 15.7 Å². The quantitative estimate of drug-likeness (QED) is 0.866. The van der Waals surface area contributed by atoms with Gasteiger partial charge >= 0.3 is 0 Å². The van der Waals surface area contributed by atoms with E-state index in [2.05, 4.69) is 10.1 Å². The smallest absolute Gasteiger partial charge is 0.261 e. The Kier molecular flexibility index (Phi) is 3.46. The van der Waals surface area contributed by atoms with Crippen LogP contribution in [0.4, 0.5) is 14.5 Å². The normalized spacial score (nSPS) is 13.4. The second kappa shape index (κ2) is 4.82. The fourth-order valence-corrected chi connectivity index (χ4v) is 1.91. The number of nitrogens with zero attached hydrogens (tertiary/aromatic N) is 2. The van der Waals surface area contributed by atoms with Gasteiger partial charge in [-0.3, -0.25) is 0 Å². The third-order valence-corrected chi connectivity index (χ3v) is 4.26. The molecule has 0 spiro atoms. The maximum atomic E-state index is 13.6. The molecule has 0 saturated carbocycles. The molecule has 1 heterocycles. The number of hydrogen-bond acceptors (Lipinski definition) is 6. The second-order valence-corrected chi connectivity index (χ2v) is 6.65. The van der Waals surface area contributed by atoms with E-state index < -0.39 is 26.7 Å². The Balaban J connectivity index is 2.47. The van der Waals surface area contributed by atoms with Gasteiger partial charge < -0.3 is 10.3 Å². The lowest BCUT2D eigenvalue weighted by Crippen LogP contribution is -2.09. The minimum absolute atomic E-state index is 0.107. The molecule has 0 aliphatic carbocycles. The zero-order chi connectivity index (χ0) is 15.1. The average Bonchev–Trinajstić information content (AvgIpc) is 2.80. The van der Waals surface area contributed by atoms with Gasteiger partial charge in [0, 0.05) is 12.3 Å². The molecule has 108 valence electrons. The summed E-state index contributed by atoms with van der Waals surface area (Å²) in [7, 11) is -3.41. The first-order chi connectivity index (χ1) is 9.20. The van der Waals surface area contributed by atoms with E-state index in [1.165, 1.54) is 6.92 Å². The third kappa shape index (κ3) is 2.62. The first-order valence-electron chi connectivity index (χ1n) is 5.47. The van der Waals surface area contributed by atoms with Gasteiger partial charge in [0.25, 0.3) is 5.89 Å². The van der Waals surface area contributed by atoms with Gasteiger partial charge in [-0.15, -0.1) is 0 Å². The zero-order valence-electron chi connectivity index (χ0n) is 10.6. The van der Waals surface area contributed by atoms with Crippen molar-refractivity contribution in [1.82, 2.24) is 10.1 Å². The van der Waals surface area contributed by atoms with Crippen LogP contribution in [0.15, 0.2) is 16.7 Å². The molecule has 0 amide bonds. The Morgan fingerprint density at radius 3 is 2.55 bits per heavy atom. The van der Waals surface area contributed by atoms with Crippen LogP contribution in [0.2, 0.25) is 0 Å². The highest BCUT2D eigenvalue weighted by molar-refractivity contribution is 7.90. The minimum Gasteiger partial charge on any atom is -0.396 e. The molecule has 1 unspecified atom stereocenters. The first kappa shape index (κ1) is 14.4. The van der Waals surface area contributed by atoms with Crippen LogP contribution >= 0.6 is 0 Å². The van der Waals surface area contributed by atoms with Gasteiger partial charge in [0.2, 0.25) is 0 Å². The predicted molar refractivity (Wildman–Crippen MR) is 67.3 cm³/mol. The fraction of sp³-hybridized carbons (Fsp3) is 0.273. The maximum Gasteiger partial charge on any atom is 0.261 e. The van der Waals surface area contributed by atoms with Crippen LogP contribution < -0.4 is 5.73 Å². The number of rotatable bonds is 3. The van der Waals surface area contributed by atoms with Crippen LogP contribution in [0.1, 0.15) is 18.0 Å². The summed E-state index contributed by atoms with van der Waals surface area (Å²) in [6.07, 6.45) is 1.02. The number of anilines is 1. The minimum atomic E-state index is -3.41. The highest BCUT2D eigenvalue weighted by Crippen LogP contribution is 2.27. The summed E-state index contributed by atoms with van der Waals surface area (Å²) in [5, 5.41) is 2.49. The molecule has 1 atom stereocenters. The van der Waals surface area contributed by atoms with Gasteiger partial charge in [0.05, 0.1) is 11.3 Å². The number of aromatic nitrogens is 2. The molecule has 0 saturated heterocycles. The third-order valence-electron chi connectivity index (χ3n) is 2.76. The lowest BCUT2D eigenvalue weighted by atomic mass is 10.2. The van der Waals surface area contributed by atoms with Crippen molar-refractivity contribution >= 4 is 15.5 Å². The maximum absolute atomic E-state index is 13.6. The summed E-state index contributed by atoms with van der Waals surface area (Å²) in [4.78, 5) is 3.80. The van der Waals surface area contributed by atoms with Crippen molar-refractivity contribution < 1.29 is 21.7 Å². The van der Waals surface area contributed by atoms with Gasteiger partial charge in [-0.05, 0) is 13.0 Å². The summed E-state index contributed by atoms with van der Waals surface area (Å²) >= 11 is 0. The molecule has 6 nitrogen and oxygen atoms in total. The second-order valence-electron chi connectivity index (χ2n) is 4.28. The molecule has 9 heteroatoms. The fourth-order valence-electron chi connectivity index (χ4n) is 1.43. The molecule has 0 aliphatic rings. The first-order valence-corrected chi connectivity index (χ1v) is 7.43. The van der Waals surface area contributed by atoms with Crippen LogP contribution in [0, 0.1) is 11.6 Å². The standard InChI is InChI=1S/C11H11F2N3O3S/c1-5(20(2,17)18)10-15-11(19-16-10)6-3-9(14)8(13)4-7(6)12/h3-5H,14H2,1-2H3. The van der Waals surface area contributed by atoms with E-state index in [1.54, 1.807) is 0 Å². The highest BCUT2D eigenvalue weighted by atomic mass is 32.2. The van der Waals surface area contributed by atoms with E-state index in [-0.39, 0.29) is 23.0 Å². The molecule has 1 aromatic carbocycles. The number of nitrogen functional groups attached to an aromatic ring is 1. The SMILES string of the molecule is CC(c1noc(-c2cc(N)c(F)cc2F)n1)S(C)(=O)=O. The molecule has 0 aliphatic heterocycles. The Morgan fingerprint density at radius 1 is 1.30 bits per heavy atom. The molecule has 1 aromatic heterocycles. The van der Waals surface area contributed by atoms with Crippen molar-refractivity contribution in [3.63, 3.8) is 0 Å². The van der Waals surface area contributed by atoms with E-state index in [4.69, 9.17) is 10.3 Å². The molecule has 0 bridgehead atoms. The van der Waals surface area contributed by atoms with Crippen molar-refractivity contribution in [3.05, 3.63) is 29.6 Å². The van der Waals surface area contributed by atoms with Crippen LogP contribution in [0.5, 0.6) is 0 Å². The summed E-state index contributed by atoms with van der Waals surface area (Å²) in [5.74, 6) is -2.21. The lowest BCUT2D eigenvalue weighted by molar-refractivity contribution is 0.419. The van der Waals surface area contributed by atoms with Crippen LogP contribution in [0.25, 0.3) is 11.5 Å². The van der Waals surface area contributed by atoms with Gasteiger partial charge in [0.1, 0.15) is 16.9 Å². The summed E-state index contributed by atoms with van der Waals surface area (Å²) in [6.45, 7) is 1.37. The molecule has 2 N–H and O–H groups in total. The summed E-state index contributed by atoms with van der Waals surface area (Å²) < 4.78 is 54.2. The number of nitrogens with two attached hydrogens (primary N) is 1. The molecular weight excluding hydrogens is 292 g/mol. The van der Waals surface area contributed by atoms with Crippen LogP contribution in [-0.2, 0) is 9.84 Å². The lowest BCUT2D eigenvalue weighted by Gasteiger charge is -2.02. The van der Waals surface area contributed by atoms with Gasteiger partial charge in [-0.25, -0.2) is 17.2 Å². The van der Waals surface area contributed by atoms with Crippen molar-refractivity contribution in [2.24, 2.45) is 0 Å². The van der Waals surface area contributed by atoms with Crippen molar-refractivity contribution in [2.75, 3.05) is 12.0 Å². The van der Waals surface area contributed by atoms with Crippen LogP contribution in [-0.4, -0.2) is 24.8 Å². The molecular formula is C11H11F2N3O3S. The van der Waals surface area contributed by atoms with E-state index in [0.29, 0.717) is 6.07 Å². The number of benzene rings is 1. The summed E-state index contributed by atoms with van der Waals surface area (Å²) in [6, 6.07) is 1.60. The van der Waals surface area contributed by atoms with E-state index in [1.807, 2.05) is 0 Å². The molecule has 0 fully saturated rings. The number of sulfone groups is 1. The van der Waals surface area contributed by atoms with Gasteiger partial charge in [-0.2, -0.15) is 4.98 Å². The van der Waals surface area contributed by atoms with Crippen molar-refractivity contribution in [1.29, 1.82) is 0 Å². The predicted octanol–water partition coefficient (Wildman–Crippen LogP) is 1.70. The average molecular weight is 303 g/mol. The molecule has 0 radical (unpaired) electrons. The Hall–Kier alpha value is -2.03. The highest BCUT2D eigenvalue weighted by Gasteiger charge is 2.24. The van der Waals surface area contributed by atoms with Crippen LogP contribution in [0.3, 0.4) is 0 Å². The topological polar surface area (TPSA) is 99.1 Å². The molecule has 2 rings (SSSR count). The Labute approximate surface area is 113 Å². The van der Waals surface area contributed by atoms with Crippen molar-refractivity contribution in [3.8, 4) is 11.5 Å². The summed E-state index contributed by atoms with van der Waals surface area (Å²) in [5.41, 5.74) is 4.86. The molecule has 2 aromatic rings. The Morgan fingerprint density at radius 2 is 1.95 bits per heavy atom. The molecule has 20 heavy (non-hydrogen) atoms. The monoisotopic (exact) mass is 303 g/mol. The van der Waals surface area contributed by atoms with E-state index in [0.717, 1.165) is 12.3 Å². The van der Waals surface area contributed by atoms with E-state index in [9.17, 15) is 17.2 Å². The zero-order valence-corrected chi connectivity index (χ0v) is 11.4. The van der Waals surface area contributed by atoms with Crippen molar-refractivity contribution in [2.45, 2.75) is 12.2 Å². The Bertz CT molecular complexity index is 758. The number of hydrogen-bond donors (Lipinski definition) is 1.